The third-order valence-electron chi connectivity index (χ3n) is 4.26. The molecule has 2 rings (SSSR count). The van der Waals surface area contributed by atoms with Gasteiger partial charge in [-0.2, -0.15) is 4.31 Å². The lowest BCUT2D eigenvalue weighted by atomic mass is 10.2. The second-order valence-corrected chi connectivity index (χ2v) is 8.01. The van der Waals surface area contributed by atoms with Gasteiger partial charge >= 0.3 is 0 Å². The lowest BCUT2D eigenvalue weighted by Crippen LogP contribution is -2.49. The Bertz CT molecular complexity index is 469. The van der Waals surface area contributed by atoms with E-state index in [0.29, 0.717) is 25.9 Å². The molecule has 0 aromatic rings. The Morgan fingerprint density at radius 3 is 2.61 bits per heavy atom. The van der Waals surface area contributed by atoms with Gasteiger partial charge in [-0.1, -0.05) is 6.92 Å². The van der Waals surface area contributed by atoms with Crippen molar-refractivity contribution in [2.24, 2.45) is 0 Å². The summed E-state index contributed by atoms with van der Waals surface area (Å²) in [6, 6.07) is -0.514. The van der Waals surface area contributed by atoms with Crippen molar-refractivity contribution in [2.75, 3.05) is 51.6 Å². The standard InChI is InChI=1S/C14H28N4O3S.ClH/c1-2-12-22(20,21)18-8-3-4-13(18)14(19)16-7-11-17-9-5-15-6-10-17;/h13,15H,2-12H2,1H3,(H,16,19);1H. The number of carbonyl (C=O) groups is 1. The smallest absolute Gasteiger partial charge is 0.238 e. The van der Waals surface area contributed by atoms with Crippen LogP contribution in [0.3, 0.4) is 0 Å². The van der Waals surface area contributed by atoms with Crippen LogP contribution in [0.25, 0.3) is 0 Å². The maximum absolute atomic E-state index is 12.3. The van der Waals surface area contributed by atoms with Gasteiger partial charge in [-0.05, 0) is 19.3 Å². The minimum atomic E-state index is -3.30. The number of nitrogens with zero attached hydrogens (tertiary/aromatic N) is 2. The summed E-state index contributed by atoms with van der Waals surface area (Å²) in [7, 11) is -3.30. The van der Waals surface area contributed by atoms with Crippen molar-refractivity contribution >= 4 is 28.3 Å². The van der Waals surface area contributed by atoms with E-state index in [-0.39, 0.29) is 24.1 Å². The molecule has 2 aliphatic rings. The molecule has 0 spiro atoms. The highest BCUT2D eigenvalue weighted by atomic mass is 35.5. The van der Waals surface area contributed by atoms with Gasteiger partial charge in [-0.3, -0.25) is 9.69 Å². The van der Waals surface area contributed by atoms with Gasteiger partial charge in [0, 0.05) is 45.8 Å². The lowest BCUT2D eigenvalue weighted by Gasteiger charge is -2.28. The van der Waals surface area contributed by atoms with Crippen molar-refractivity contribution in [1.82, 2.24) is 19.8 Å². The SMILES string of the molecule is CCCS(=O)(=O)N1CCCC1C(=O)NCCN1CCNCC1.Cl. The third-order valence-corrected chi connectivity index (χ3v) is 6.34. The van der Waals surface area contributed by atoms with E-state index < -0.39 is 16.1 Å². The zero-order valence-corrected chi connectivity index (χ0v) is 15.4. The van der Waals surface area contributed by atoms with Gasteiger partial charge < -0.3 is 10.6 Å². The molecule has 136 valence electrons. The van der Waals surface area contributed by atoms with Gasteiger partial charge in [0.1, 0.15) is 6.04 Å². The molecule has 0 aromatic carbocycles. The summed E-state index contributed by atoms with van der Waals surface area (Å²) in [6.45, 7) is 7.68. The van der Waals surface area contributed by atoms with E-state index in [1.807, 2.05) is 6.92 Å². The average molecular weight is 369 g/mol. The second-order valence-electron chi connectivity index (χ2n) is 5.97. The molecular weight excluding hydrogens is 340 g/mol. The first-order valence-electron chi connectivity index (χ1n) is 8.25. The topological polar surface area (TPSA) is 81.8 Å². The van der Waals surface area contributed by atoms with Crippen molar-refractivity contribution in [3.8, 4) is 0 Å². The highest BCUT2D eigenvalue weighted by Crippen LogP contribution is 2.21. The number of amides is 1. The van der Waals surface area contributed by atoms with E-state index in [2.05, 4.69) is 15.5 Å². The average Bonchev–Trinajstić information content (AvgIpc) is 2.98. The van der Waals surface area contributed by atoms with Crippen LogP contribution in [0.4, 0.5) is 0 Å². The molecule has 7 nitrogen and oxygen atoms in total. The monoisotopic (exact) mass is 368 g/mol. The zero-order valence-electron chi connectivity index (χ0n) is 13.8. The number of rotatable bonds is 7. The van der Waals surface area contributed by atoms with Crippen molar-refractivity contribution in [1.29, 1.82) is 0 Å². The Morgan fingerprint density at radius 2 is 1.96 bits per heavy atom. The van der Waals surface area contributed by atoms with Crippen LogP contribution in [0.1, 0.15) is 26.2 Å². The Morgan fingerprint density at radius 1 is 1.26 bits per heavy atom. The summed E-state index contributed by atoms with van der Waals surface area (Å²) < 4.78 is 25.8. The van der Waals surface area contributed by atoms with E-state index >= 15 is 0 Å². The fraction of sp³-hybridized carbons (Fsp3) is 0.929. The normalized spacial score (nSPS) is 23.4. The number of nitrogens with one attached hydrogen (secondary N) is 2. The summed E-state index contributed by atoms with van der Waals surface area (Å²) in [6.07, 6.45) is 1.97. The molecule has 0 saturated carbocycles. The lowest BCUT2D eigenvalue weighted by molar-refractivity contribution is -0.124. The second kappa shape index (κ2) is 9.78. The van der Waals surface area contributed by atoms with Crippen molar-refractivity contribution in [3.63, 3.8) is 0 Å². The molecule has 1 atom stereocenters. The molecule has 2 fully saturated rings. The number of sulfonamides is 1. The molecule has 9 heteroatoms. The maximum Gasteiger partial charge on any atom is 0.238 e. The number of piperazine rings is 1. The number of hydrogen-bond acceptors (Lipinski definition) is 5. The van der Waals surface area contributed by atoms with Crippen LogP contribution in [-0.2, 0) is 14.8 Å². The van der Waals surface area contributed by atoms with Crippen LogP contribution in [-0.4, -0.2) is 81.1 Å². The van der Waals surface area contributed by atoms with Gasteiger partial charge in [0.25, 0.3) is 0 Å². The van der Waals surface area contributed by atoms with E-state index in [0.717, 1.165) is 39.1 Å². The highest BCUT2D eigenvalue weighted by Gasteiger charge is 2.37. The van der Waals surface area contributed by atoms with Gasteiger partial charge in [-0.25, -0.2) is 8.42 Å². The fourth-order valence-electron chi connectivity index (χ4n) is 3.10. The minimum Gasteiger partial charge on any atom is -0.353 e. The summed E-state index contributed by atoms with van der Waals surface area (Å²) in [5.41, 5.74) is 0. The van der Waals surface area contributed by atoms with Gasteiger partial charge in [0.15, 0.2) is 0 Å². The highest BCUT2D eigenvalue weighted by molar-refractivity contribution is 7.89. The van der Waals surface area contributed by atoms with Gasteiger partial charge in [0.05, 0.1) is 5.75 Å². The van der Waals surface area contributed by atoms with Crippen LogP contribution in [0, 0.1) is 0 Å². The minimum absolute atomic E-state index is 0. The van der Waals surface area contributed by atoms with E-state index in [1.54, 1.807) is 0 Å². The molecule has 0 aliphatic carbocycles. The summed E-state index contributed by atoms with van der Waals surface area (Å²) in [5.74, 6) is -0.0234. The molecule has 1 unspecified atom stereocenters. The van der Waals surface area contributed by atoms with Gasteiger partial charge in [0.2, 0.25) is 15.9 Å². The van der Waals surface area contributed by atoms with Crippen LogP contribution in [0.2, 0.25) is 0 Å². The Kier molecular flexibility index (Phi) is 8.78. The molecule has 2 aliphatic heterocycles. The summed E-state index contributed by atoms with van der Waals surface area (Å²) in [5, 5.41) is 6.20. The number of carbonyl (C=O) groups excluding carboxylic acids is 1. The molecular formula is C14H29ClN4O3S. The number of hydrogen-bond donors (Lipinski definition) is 2. The zero-order chi connectivity index (χ0) is 16.0. The predicted molar refractivity (Wildman–Crippen MR) is 93.4 cm³/mol. The van der Waals surface area contributed by atoms with Crippen LogP contribution >= 0.6 is 12.4 Å². The third kappa shape index (κ3) is 5.86. The quantitative estimate of drug-likeness (QED) is 0.641. The first kappa shape index (κ1) is 20.6. The summed E-state index contributed by atoms with van der Waals surface area (Å²) in [4.78, 5) is 14.6. The van der Waals surface area contributed by atoms with Crippen molar-refractivity contribution in [2.45, 2.75) is 32.2 Å². The molecule has 2 saturated heterocycles. The van der Waals surface area contributed by atoms with Crippen molar-refractivity contribution < 1.29 is 13.2 Å². The first-order chi connectivity index (χ1) is 10.5. The Balaban J connectivity index is 0.00000264. The molecule has 23 heavy (non-hydrogen) atoms. The predicted octanol–water partition coefficient (Wildman–Crippen LogP) is -0.366. The largest absolute Gasteiger partial charge is 0.353 e. The fourth-order valence-corrected chi connectivity index (χ4v) is 4.85. The molecule has 0 radical (unpaired) electrons. The molecule has 0 bridgehead atoms. The molecule has 2 heterocycles. The van der Waals surface area contributed by atoms with E-state index in [1.165, 1.54) is 4.31 Å². The van der Waals surface area contributed by atoms with E-state index in [9.17, 15) is 13.2 Å². The summed E-state index contributed by atoms with van der Waals surface area (Å²) >= 11 is 0. The van der Waals surface area contributed by atoms with Crippen molar-refractivity contribution in [3.05, 3.63) is 0 Å². The van der Waals surface area contributed by atoms with E-state index in [4.69, 9.17) is 0 Å². The Labute approximate surface area is 145 Å². The van der Waals surface area contributed by atoms with Gasteiger partial charge in [-0.15, -0.1) is 12.4 Å². The maximum atomic E-state index is 12.3. The molecule has 0 aromatic heterocycles. The number of halogens is 1. The Hall–Kier alpha value is -0.410. The first-order valence-corrected chi connectivity index (χ1v) is 9.86. The van der Waals surface area contributed by atoms with Crippen LogP contribution in [0.5, 0.6) is 0 Å². The molecule has 1 amide bonds. The molecule has 2 N–H and O–H groups in total. The van der Waals surface area contributed by atoms with Crippen LogP contribution < -0.4 is 10.6 Å². The van der Waals surface area contributed by atoms with Crippen LogP contribution in [0.15, 0.2) is 0 Å².